The second kappa shape index (κ2) is 3.68. The number of carbonyl (C=O) groups is 2. The van der Waals surface area contributed by atoms with Crippen molar-refractivity contribution in [2.75, 3.05) is 6.79 Å². The Balaban J connectivity index is 2.63. The minimum absolute atomic E-state index is 0.0389. The molecule has 1 aromatic rings. The average molecular weight is 243 g/mol. The van der Waals surface area contributed by atoms with Crippen LogP contribution in [0.5, 0.6) is 11.5 Å². The number of carbonyl (C=O) groups excluding carboxylic acids is 1. The van der Waals surface area contributed by atoms with Crippen molar-refractivity contribution >= 4 is 23.4 Å². The van der Waals surface area contributed by atoms with Crippen molar-refractivity contribution in [3.8, 4) is 11.5 Å². The smallest absolute Gasteiger partial charge is 0.377 e. The molecule has 0 radical (unpaired) electrons. The van der Waals surface area contributed by atoms with E-state index in [4.69, 9.17) is 26.2 Å². The number of Topliss-reactive ketones (excluding diaryl/α,β-unsaturated/α-hetero) is 1. The number of benzene rings is 1. The molecule has 6 heteroatoms. The average Bonchev–Trinajstić information content (AvgIpc) is 2.65. The van der Waals surface area contributed by atoms with Crippen LogP contribution in [0, 0.1) is 6.92 Å². The van der Waals surface area contributed by atoms with Gasteiger partial charge in [-0.1, -0.05) is 11.6 Å². The molecule has 2 rings (SSSR count). The molecule has 0 aliphatic carbocycles. The zero-order valence-corrected chi connectivity index (χ0v) is 9.00. The van der Waals surface area contributed by atoms with E-state index in [1.807, 2.05) is 0 Å². The number of carboxylic acids is 1. The Kier molecular flexibility index (Phi) is 2.47. The molecule has 1 aliphatic rings. The third-order valence-corrected chi connectivity index (χ3v) is 2.57. The van der Waals surface area contributed by atoms with Gasteiger partial charge in [0.2, 0.25) is 6.79 Å². The highest BCUT2D eigenvalue weighted by Crippen LogP contribution is 2.40. The molecule has 1 aromatic carbocycles. The van der Waals surface area contributed by atoms with Gasteiger partial charge < -0.3 is 14.6 Å². The molecular formula is C10H7ClO5. The molecule has 0 fully saturated rings. The lowest BCUT2D eigenvalue weighted by atomic mass is 10.0. The maximum atomic E-state index is 11.4. The van der Waals surface area contributed by atoms with Gasteiger partial charge in [-0.25, -0.2) is 4.79 Å². The number of halogens is 1. The number of fused-ring (bicyclic) bond motifs is 1. The first-order chi connectivity index (χ1) is 7.52. The Hall–Kier alpha value is -1.75. The fraction of sp³-hybridized carbons (Fsp3) is 0.200. The molecule has 0 amide bonds. The van der Waals surface area contributed by atoms with Gasteiger partial charge in [-0.2, -0.15) is 0 Å². The van der Waals surface area contributed by atoms with Crippen LogP contribution in [-0.4, -0.2) is 23.7 Å². The van der Waals surface area contributed by atoms with Crippen LogP contribution in [0.3, 0.4) is 0 Å². The van der Waals surface area contributed by atoms with E-state index in [9.17, 15) is 9.59 Å². The highest BCUT2D eigenvalue weighted by Gasteiger charge is 2.27. The first kappa shape index (κ1) is 10.8. The van der Waals surface area contributed by atoms with Crippen molar-refractivity contribution in [3.05, 3.63) is 22.2 Å². The molecule has 0 saturated carbocycles. The lowest BCUT2D eigenvalue weighted by molar-refractivity contribution is -0.131. The summed E-state index contributed by atoms with van der Waals surface area (Å²) in [7, 11) is 0. The van der Waals surface area contributed by atoms with Gasteiger partial charge in [-0.05, 0) is 6.92 Å². The molecule has 0 saturated heterocycles. The summed E-state index contributed by atoms with van der Waals surface area (Å²) < 4.78 is 10.2. The summed E-state index contributed by atoms with van der Waals surface area (Å²) >= 11 is 5.83. The monoisotopic (exact) mass is 242 g/mol. The number of ether oxygens (including phenoxy) is 2. The molecule has 0 unspecified atom stereocenters. The highest BCUT2D eigenvalue weighted by molar-refractivity contribution is 6.45. The van der Waals surface area contributed by atoms with Crippen LogP contribution < -0.4 is 9.47 Å². The summed E-state index contributed by atoms with van der Waals surface area (Å²) in [5.74, 6) is -1.82. The Morgan fingerprint density at radius 2 is 2.12 bits per heavy atom. The maximum Gasteiger partial charge on any atom is 0.377 e. The third kappa shape index (κ3) is 1.49. The quantitative estimate of drug-likeness (QED) is 0.631. The third-order valence-electron chi connectivity index (χ3n) is 2.28. The first-order valence-corrected chi connectivity index (χ1v) is 4.76. The summed E-state index contributed by atoms with van der Waals surface area (Å²) in [6, 6.07) is 1.38. The van der Waals surface area contributed by atoms with Crippen molar-refractivity contribution in [1.29, 1.82) is 0 Å². The van der Waals surface area contributed by atoms with Gasteiger partial charge in [0.05, 0.1) is 10.6 Å². The van der Waals surface area contributed by atoms with Gasteiger partial charge in [0, 0.05) is 11.6 Å². The summed E-state index contributed by atoms with van der Waals surface area (Å²) in [6.45, 7) is 1.60. The predicted molar refractivity (Wildman–Crippen MR) is 54.3 cm³/mol. The molecule has 1 aliphatic heterocycles. The first-order valence-electron chi connectivity index (χ1n) is 4.38. The molecule has 0 atom stereocenters. The van der Waals surface area contributed by atoms with Crippen molar-refractivity contribution < 1.29 is 24.2 Å². The van der Waals surface area contributed by atoms with Gasteiger partial charge in [-0.15, -0.1) is 0 Å². The number of hydrogen-bond donors (Lipinski definition) is 1. The summed E-state index contributed by atoms with van der Waals surface area (Å²) in [5, 5.41) is 8.70. The van der Waals surface area contributed by atoms with Crippen LogP contribution in [-0.2, 0) is 4.79 Å². The van der Waals surface area contributed by atoms with Crippen LogP contribution in [0.2, 0.25) is 5.02 Å². The van der Waals surface area contributed by atoms with Gasteiger partial charge in [0.1, 0.15) is 0 Å². The minimum atomic E-state index is -1.55. The number of rotatable bonds is 2. The largest absolute Gasteiger partial charge is 0.475 e. The van der Waals surface area contributed by atoms with Crippen LogP contribution in [0.4, 0.5) is 0 Å². The SMILES string of the molecule is Cc1c2c(cc(Cl)c1C(=O)C(=O)O)OCO2. The molecule has 84 valence electrons. The van der Waals surface area contributed by atoms with Crippen LogP contribution in [0.1, 0.15) is 15.9 Å². The fourth-order valence-corrected chi connectivity index (χ4v) is 1.88. The van der Waals surface area contributed by atoms with E-state index in [-0.39, 0.29) is 17.4 Å². The number of aliphatic carboxylic acids is 1. The Bertz CT molecular complexity index is 494. The lowest BCUT2D eigenvalue weighted by Crippen LogP contribution is -2.15. The van der Waals surface area contributed by atoms with Gasteiger partial charge >= 0.3 is 5.97 Å². The molecule has 0 spiro atoms. The molecule has 0 bridgehead atoms. The van der Waals surface area contributed by atoms with E-state index >= 15 is 0 Å². The minimum Gasteiger partial charge on any atom is -0.475 e. The van der Waals surface area contributed by atoms with E-state index < -0.39 is 11.8 Å². The van der Waals surface area contributed by atoms with Gasteiger partial charge in [-0.3, -0.25) is 4.79 Å². The normalized spacial score (nSPS) is 12.6. The summed E-state index contributed by atoms with van der Waals surface area (Å²) in [4.78, 5) is 22.0. The maximum absolute atomic E-state index is 11.4. The van der Waals surface area contributed by atoms with Crippen molar-refractivity contribution in [3.63, 3.8) is 0 Å². The van der Waals surface area contributed by atoms with Crippen LogP contribution >= 0.6 is 11.6 Å². The Labute approximate surface area is 95.5 Å². The van der Waals surface area contributed by atoms with Gasteiger partial charge in [0.25, 0.3) is 5.78 Å². The second-order valence-electron chi connectivity index (χ2n) is 3.23. The Morgan fingerprint density at radius 1 is 1.44 bits per heavy atom. The zero-order chi connectivity index (χ0) is 11.9. The Morgan fingerprint density at radius 3 is 2.75 bits per heavy atom. The van der Waals surface area contributed by atoms with Crippen molar-refractivity contribution in [2.45, 2.75) is 6.92 Å². The predicted octanol–water partition coefficient (Wildman–Crippen LogP) is 1.64. The fourth-order valence-electron chi connectivity index (χ4n) is 1.55. The number of hydrogen-bond acceptors (Lipinski definition) is 4. The van der Waals surface area contributed by atoms with E-state index in [1.54, 1.807) is 6.92 Å². The van der Waals surface area contributed by atoms with Crippen molar-refractivity contribution in [2.24, 2.45) is 0 Å². The van der Waals surface area contributed by atoms with E-state index in [0.29, 0.717) is 17.1 Å². The zero-order valence-electron chi connectivity index (χ0n) is 8.24. The number of ketones is 1. The molecular weight excluding hydrogens is 236 g/mol. The van der Waals surface area contributed by atoms with E-state index in [1.165, 1.54) is 6.07 Å². The second-order valence-corrected chi connectivity index (χ2v) is 3.63. The molecule has 1 N–H and O–H groups in total. The van der Waals surface area contributed by atoms with Gasteiger partial charge in [0.15, 0.2) is 11.5 Å². The van der Waals surface area contributed by atoms with Crippen molar-refractivity contribution in [1.82, 2.24) is 0 Å². The topological polar surface area (TPSA) is 72.8 Å². The highest BCUT2D eigenvalue weighted by atomic mass is 35.5. The molecule has 5 nitrogen and oxygen atoms in total. The van der Waals surface area contributed by atoms with Crippen LogP contribution in [0.15, 0.2) is 6.07 Å². The summed E-state index contributed by atoms with van der Waals surface area (Å²) in [5.41, 5.74) is 0.325. The van der Waals surface area contributed by atoms with E-state index in [2.05, 4.69) is 0 Å². The van der Waals surface area contributed by atoms with E-state index in [0.717, 1.165) is 0 Å². The molecule has 16 heavy (non-hydrogen) atoms. The standard InChI is InChI=1S/C10H7ClO5/c1-4-7(8(12)10(13)14)5(11)2-6-9(4)16-3-15-6/h2H,3H2,1H3,(H,13,14). The molecule has 1 heterocycles. The summed E-state index contributed by atoms with van der Waals surface area (Å²) in [6.07, 6.45) is 0. The van der Waals surface area contributed by atoms with Crippen LogP contribution in [0.25, 0.3) is 0 Å². The molecule has 0 aromatic heterocycles. The number of carboxylic acid groups (broad SMARTS) is 1. The lowest BCUT2D eigenvalue weighted by Gasteiger charge is -2.07.